The average molecular weight is 305 g/mol. The molecule has 1 unspecified atom stereocenters. The fourth-order valence-corrected chi connectivity index (χ4v) is 3.58. The molecule has 1 aliphatic rings. The molecule has 1 heterocycles. The van der Waals surface area contributed by atoms with Crippen LogP contribution in [0, 0.1) is 0 Å². The van der Waals surface area contributed by atoms with Crippen molar-refractivity contribution >= 4 is 15.9 Å². The smallest absolute Gasteiger partial charge is 0.240 e. The van der Waals surface area contributed by atoms with Crippen molar-refractivity contribution in [2.75, 3.05) is 18.8 Å². The van der Waals surface area contributed by atoms with Crippen molar-refractivity contribution in [2.45, 2.75) is 58.0 Å². The number of nitrogens with one attached hydrogen (secondary N) is 1. The van der Waals surface area contributed by atoms with Gasteiger partial charge < -0.3 is 11.1 Å². The highest BCUT2D eigenvalue weighted by molar-refractivity contribution is 7.89. The molecule has 0 bridgehead atoms. The van der Waals surface area contributed by atoms with Gasteiger partial charge in [-0.3, -0.25) is 4.79 Å². The van der Waals surface area contributed by atoms with Crippen LogP contribution in [-0.4, -0.2) is 49.1 Å². The van der Waals surface area contributed by atoms with Crippen molar-refractivity contribution < 1.29 is 13.2 Å². The molecule has 0 radical (unpaired) electrons. The van der Waals surface area contributed by atoms with Crippen molar-refractivity contribution in [3.63, 3.8) is 0 Å². The Hall–Kier alpha value is -0.660. The molecule has 20 heavy (non-hydrogen) atoms. The third kappa shape index (κ3) is 4.43. The lowest BCUT2D eigenvalue weighted by atomic mass is 9.95. The topological polar surface area (TPSA) is 92.5 Å². The quantitative estimate of drug-likeness (QED) is 0.744. The summed E-state index contributed by atoms with van der Waals surface area (Å²) in [5.41, 5.74) is 5.14. The molecule has 0 aromatic carbocycles. The lowest BCUT2D eigenvalue weighted by molar-refractivity contribution is -0.127. The van der Waals surface area contributed by atoms with E-state index in [9.17, 15) is 13.2 Å². The van der Waals surface area contributed by atoms with E-state index in [0.717, 1.165) is 6.42 Å². The van der Waals surface area contributed by atoms with Gasteiger partial charge in [0.1, 0.15) is 0 Å². The van der Waals surface area contributed by atoms with E-state index in [1.807, 2.05) is 6.92 Å². The standard InChI is InChI=1S/C13H27N3O3S/c1-4-8-13(3,14)12(17)15-11-6-9-16(10-7-11)20(18,19)5-2/h11H,4-10,14H2,1-3H3,(H,15,17). The van der Waals surface area contributed by atoms with E-state index >= 15 is 0 Å². The van der Waals surface area contributed by atoms with E-state index in [1.165, 1.54) is 4.31 Å². The van der Waals surface area contributed by atoms with Gasteiger partial charge in [0.25, 0.3) is 0 Å². The maximum atomic E-state index is 12.1. The third-order valence-corrected chi connectivity index (χ3v) is 5.72. The third-order valence-electron chi connectivity index (χ3n) is 3.84. The highest BCUT2D eigenvalue weighted by Crippen LogP contribution is 2.16. The number of rotatable bonds is 6. The second-order valence-electron chi connectivity index (χ2n) is 5.71. The first kappa shape index (κ1) is 17.4. The van der Waals surface area contributed by atoms with Gasteiger partial charge in [0.05, 0.1) is 11.3 Å². The predicted octanol–water partition coefficient (Wildman–Crippen LogP) is 0.434. The Morgan fingerprint density at radius 3 is 2.35 bits per heavy atom. The zero-order valence-corrected chi connectivity index (χ0v) is 13.5. The summed E-state index contributed by atoms with van der Waals surface area (Å²) in [5.74, 6) is -0.0161. The van der Waals surface area contributed by atoms with Gasteiger partial charge in [0.15, 0.2) is 0 Å². The Balaban J connectivity index is 2.49. The second kappa shape index (κ2) is 6.87. The van der Waals surface area contributed by atoms with Crippen LogP contribution in [-0.2, 0) is 14.8 Å². The summed E-state index contributed by atoms with van der Waals surface area (Å²) in [5, 5.41) is 2.95. The molecule has 0 aliphatic carbocycles. The first-order valence-electron chi connectivity index (χ1n) is 7.30. The monoisotopic (exact) mass is 305 g/mol. The molecule has 0 spiro atoms. The van der Waals surface area contributed by atoms with Crippen molar-refractivity contribution in [1.29, 1.82) is 0 Å². The molecule has 118 valence electrons. The van der Waals surface area contributed by atoms with Gasteiger partial charge in [0, 0.05) is 19.1 Å². The van der Waals surface area contributed by atoms with Gasteiger partial charge in [-0.15, -0.1) is 0 Å². The SMILES string of the molecule is CCCC(C)(N)C(=O)NC1CCN(S(=O)(=O)CC)CC1. The molecule has 1 atom stereocenters. The number of sulfonamides is 1. The van der Waals surface area contributed by atoms with E-state index in [2.05, 4.69) is 5.32 Å². The zero-order valence-electron chi connectivity index (χ0n) is 12.7. The molecule has 1 amide bonds. The maximum Gasteiger partial charge on any atom is 0.240 e. The molecule has 0 saturated carbocycles. The van der Waals surface area contributed by atoms with Crippen LogP contribution in [0.1, 0.15) is 46.5 Å². The fourth-order valence-electron chi connectivity index (χ4n) is 2.44. The van der Waals surface area contributed by atoms with Crippen LogP contribution in [0.2, 0.25) is 0 Å². The van der Waals surface area contributed by atoms with Gasteiger partial charge in [0.2, 0.25) is 15.9 Å². The summed E-state index contributed by atoms with van der Waals surface area (Å²) in [7, 11) is -3.11. The van der Waals surface area contributed by atoms with Crippen molar-refractivity contribution in [1.82, 2.24) is 9.62 Å². The van der Waals surface area contributed by atoms with Crippen LogP contribution in [0.5, 0.6) is 0 Å². The van der Waals surface area contributed by atoms with E-state index < -0.39 is 15.6 Å². The molecular weight excluding hydrogens is 278 g/mol. The first-order valence-corrected chi connectivity index (χ1v) is 8.91. The minimum atomic E-state index is -3.11. The van der Waals surface area contributed by atoms with Crippen molar-refractivity contribution in [2.24, 2.45) is 5.73 Å². The minimum Gasteiger partial charge on any atom is -0.352 e. The van der Waals surface area contributed by atoms with Gasteiger partial charge in [-0.2, -0.15) is 0 Å². The van der Waals surface area contributed by atoms with Gasteiger partial charge in [-0.1, -0.05) is 13.3 Å². The summed E-state index contributed by atoms with van der Waals surface area (Å²) in [4.78, 5) is 12.1. The Labute approximate surface area is 122 Å². The normalized spacial score (nSPS) is 21.4. The van der Waals surface area contributed by atoms with Gasteiger partial charge in [-0.05, 0) is 33.1 Å². The molecule has 7 heteroatoms. The second-order valence-corrected chi connectivity index (χ2v) is 7.97. The van der Waals surface area contributed by atoms with Crippen LogP contribution in [0.15, 0.2) is 0 Å². The lowest BCUT2D eigenvalue weighted by Gasteiger charge is -2.33. The Morgan fingerprint density at radius 1 is 1.35 bits per heavy atom. The van der Waals surface area contributed by atoms with Gasteiger partial charge >= 0.3 is 0 Å². The Bertz CT molecular complexity index is 426. The number of carbonyl (C=O) groups excluding carboxylic acids is 1. The lowest BCUT2D eigenvalue weighted by Crippen LogP contribution is -2.56. The van der Waals surface area contributed by atoms with Crippen molar-refractivity contribution in [3.8, 4) is 0 Å². The number of piperidine rings is 1. The summed E-state index contributed by atoms with van der Waals surface area (Å²) in [6, 6.07) is 0.0190. The predicted molar refractivity (Wildman–Crippen MR) is 79.7 cm³/mol. The van der Waals surface area contributed by atoms with Crippen LogP contribution < -0.4 is 11.1 Å². The summed E-state index contributed by atoms with van der Waals surface area (Å²) < 4.78 is 25.0. The van der Waals surface area contributed by atoms with E-state index in [4.69, 9.17) is 5.73 Å². The molecule has 0 aromatic rings. The molecular formula is C13H27N3O3S. The number of nitrogens with zero attached hydrogens (tertiary/aromatic N) is 1. The average Bonchev–Trinajstić information content (AvgIpc) is 2.39. The zero-order chi connectivity index (χ0) is 15.4. The summed E-state index contributed by atoms with van der Waals surface area (Å²) in [6.07, 6.45) is 2.79. The Morgan fingerprint density at radius 2 is 1.90 bits per heavy atom. The highest BCUT2D eigenvalue weighted by Gasteiger charge is 2.32. The maximum absolute atomic E-state index is 12.1. The van der Waals surface area contributed by atoms with E-state index in [1.54, 1.807) is 13.8 Å². The van der Waals surface area contributed by atoms with Crippen molar-refractivity contribution in [3.05, 3.63) is 0 Å². The Kier molecular flexibility index (Phi) is 5.97. The number of nitrogens with two attached hydrogens (primary N) is 1. The molecule has 6 nitrogen and oxygen atoms in total. The highest BCUT2D eigenvalue weighted by atomic mass is 32.2. The molecule has 3 N–H and O–H groups in total. The fraction of sp³-hybridized carbons (Fsp3) is 0.923. The molecule has 0 aromatic heterocycles. The van der Waals surface area contributed by atoms with E-state index in [-0.39, 0.29) is 17.7 Å². The van der Waals surface area contributed by atoms with Crippen LogP contribution in [0.4, 0.5) is 0 Å². The molecule has 1 rings (SSSR count). The first-order chi connectivity index (χ1) is 9.23. The van der Waals surface area contributed by atoms with Crippen LogP contribution in [0.3, 0.4) is 0 Å². The number of hydrogen-bond acceptors (Lipinski definition) is 4. The van der Waals surface area contributed by atoms with E-state index in [0.29, 0.717) is 32.4 Å². The van der Waals surface area contributed by atoms with Crippen LogP contribution in [0.25, 0.3) is 0 Å². The largest absolute Gasteiger partial charge is 0.352 e. The number of carbonyl (C=O) groups is 1. The molecule has 1 fully saturated rings. The summed E-state index contributed by atoms with van der Waals surface area (Å²) in [6.45, 7) is 6.31. The number of amides is 1. The minimum absolute atomic E-state index is 0.0190. The number of hydrogen-bond donors (Lipinski definition) is 2. The van der Waals surface area contributed by atoms with Gasteiger partial charge in [-0.25, -0.2) is 12.7 Å². The molecule has 1 saturated heterocycles. The molecule has 1 aliphatic heterocycles. The summed E-state index contributed by atoms with van der Waals surface area (Å²) >= 11 is 0. The van der Waals surface area contributed by atoms with Crippen LogP contribution >= 0.6 is 0 Å².